The topological polar surface area (TPSA) is 545 Å². The quantitative estimate of drug-likeness (QED) is 0.0119. The molecule has 0 aromatic carbocycles. The van der Waals surface area contributed by atoms with Gasteiger partial charge < -0.3 is 108 Å². The van der Waals surface area contributed by atoms with Crippen LogP contribution >= 0.6 is 0 Å². The van der Waals surface area contributed by atoms with E-state index >= 15 is 0 Å². The number of Topliss-reactive ketones (excluding diaryl/α,β-unsaturated/α-hetero) is 3. The molecule has 0 spiro atoms. The predicted octanol–water partition coefficient (Wildman–Crippen LogP) is 8.21. The summed E-state index contributed by atoms with van der Waals surface area (Å²) in [4.78, 5) is 239. The van der Waals surface area contributed by atoms with Crippen LogP contribution in [0.4, 0.5) is 28.8 Å². The number of ether oxygens (including phenoxy) is 6. The molecule has 780 valence electrons. The first-order valence-electron chi connectivity index (χ1n) is 50.4. The number of amides is 15. The standard InChI is InChI=1S/C35H55N5O8.C33H55N5O8.C32H51N5O8/c1-34(2,3)28(39-32(45)38-24(21-11-6-7-12-21)18-48-33(46)47-17-20-13-14-20)31(44)40-16-22-25(35(22,4)5)26(40)30(43)37-23(27(41)29(36)42)15-19-9-8-10-19;1-12-14-21(25(39)28(41)34-15-13-2)35-27(40)24-23-20(33(23,10)11)16-38(24)29(42)26(32(7,8)9)37-30(43)36-22(18(3)4)17-45-31(44)46-19(5)6;1-31(2,3)25(36-29(42)35-21(16-45-30(43)44-6)18-12-7-8-13-18)28(41)37-15-19-22(32(19,4)5)23(37)27(40)34-20(24(38)26(33)39)14-17-10-9-11-17/h19-26,28H,6-18H2,1-5H3,(H2,36,42)(H,37,43)(H2,38,39,45);13,18-24,26H,2,12,14-17H2,1,3-11H3,(H,34,41)(H,35,40)(H2,36,37,43);17-23,25H,7-16H2,1-6H3,(H2,33,39)(H,34,40)(H2,35,36,42)/t22-,23?,24+,25-,26-,28+;20-,21?,22+,23-,24-,26+;19-,20?,21+,22-,23-,25+/m000/s1. The first-order valence-corrected chi connectivity index (χ1v) is 50.4. The summed E-state index contributed by atoms with van der Waals surface area (Å²) < 4.78 is 30.5. The Morgan fingerprint density at radius 3 is 1.09 bits per heavy atom. The highest BCUT2D eigenvalue weighted by Crippen LogP contribution is 2.67. The van der Waals surface area contributed by atoms with Gasteiger partial charge in [0.2, 0.25) is 52.8 Å². The maximum Gasteiger partial charge on any atom is 0.508 e. The van der Waals surface area contributed by atoms with Crippen LogP contribution in [0.25, 0.3) is 0 Å². The third-order valence-electron chi connectivity index (χ3n) is 31.1. The minimum atomic E-state index is -1.10. The van der Waals surface area contributed by atoms with E-state index in [1.54, 1.807) is 13.8 Å². The number of rotatable bonds is 41. The molecule has 14 N–H and O–H groups in total. The number of nitrogens with two attached hydrogens (primary N) is 2. The summed E-state index contributed by atoms with van der Waals surface area (Å²) in [7, 11) is 1.22. The highest BCUT2D eigenvalue weighted by atomic mass is 16.7. The second-order valence-electron chi connectivity index (χ2n) is 46.2. The average molecular weight is 1960 g/mol. The van der Waals surface area contributed by atoms with Gasteiger partial charge in [-0.3, -0.25) is 57.5 Å². The molecule has 0 radical (unpaired) electrons. The lowest BCUT2D eigenvalue weighted by atomic mass is 9.80. The van der Waals surface area contributed by atoms with Gasteiger partial charge in [0.15, 0.2) is 0 Å². The molecule has 0 aromatic rings. The maximum atomic E-state index is 14.3. The van der Waals surface area contributed by atoms with Crippen LogP contribution in [-0.2, 0) is 86.0 Å². The molecular weight excluding hydrogens is 1800 g/mol. The van der Waals surface area contributed by atoms with Gasteiger partial charge in [-0.2, -0.15) is 0 Å². The van der Waals surface area contributed by atoms with E-state index in [-0.39, 0.29) is 120 Å². The Morgan fingerprint density at radius 1 is 0.424 bits per heavy atom. The number of ketones is 3. The fourth-order valence-electron chi connectivity index (χ4n) is 21.6. The number of nitrogens with one attached hydrogen (secondary N) is 10. The number of carbonyl (C=O) groups is 18. The molecule has 8 aliphatic carbocycles. The molecule has 0 aromatic heterocycles. The molecule has 39 nitrogen and oxygen atoms in total. The summed E-state index contributed by atoms with van der Waals surface area (Å²) in [5.74, 6) is -7.35. The van der Waals surface area contributed by atoms with Crippen LogP contribution in [0, 0.1) is 104 Å². The molecule has 11 aliphatic rings. The fraction of sp³-hybridized carbons (Fsp3) is 0.800. The third-order valence-corrected chi connectivity index (χ3v) is 31.1. The molecule has 3 unspecified atom stereocenters. The predicted molar refractivity (Wildman–Crippen MR) is 511 cm³/mol. The van der Waals surface area contributed by atoms with E-state index in [0.29, 0.717) is 51.4 Å². The molecular formula is C100H161N15O24. The van der Waals surface area contributed by atoms with Crippen molar-refractivity contribution in [1.29, 1.82) is 0 Å². The van der Waals surface area contributed by atoms with Crippen molar-refractivity contribution < 1.29 is 115 Å². The average Bonchev–Trinajstić information content (AvgIpc) is 1.53. The van der Waals surface area contributed by atoms with E-state index in [1.807, 2.05) is 96.9 Å². The van der Waals surface area contributed by atoms with Crippen LogP contribution in [0.15, 0.2) is 12.7 Å². The van der Waals surface area contributed by atoms with E-state index in [0.717, 1.165) is 103 Å². The molecule has 8 saturated carbocycles. The highest BCUT2D eigenvalue weighted by Gasteiger charge is 2.73. The Hall–Kier alpha value is -10.4. The lowest BCUT2D eigenvalue weighted by molar-refractivity contribution is -0.145. The van der Waals surface area contributed by atoms with Gasteiger partial charge in [-0.15, -0.1) is 6.58 Å². The third kappa shape index (κ3) is 29.0. The minimum absolute atomic E-state index is 0.0332. The van der Waals surface area contributed by atoms with Gasteiger partial charge in [0, 0.05) is 26.2 Å². The Kier molecular flexibility index (Phi) is 37.9. The van der Waals surface area contributed by atoms with Crippen LogP contribution in [0.2, 0.25) is 0 Å². The zero-order chi connectivity index (χ0) is 103. The van der Waals surface area contributed by atoms with Crippen molar-refractivity contribution in [1.82, 2.24) is 67.9 Å². The number of hydrogen-bond acceptors (Lipinski definition) is 24. The number of hydrogen-bond donors (Lipinski definition) is 12. The Labute approximate surface area is 818 Å². The Morgan fingerprint density at radius 2 is 0.777 bits per heavy atom. The summed E-state index contributed by atoms with van der Waals surface area (Å²) in [5, 5.41) is 28.1. The van der Waals surface area contributed by atoms with E-state index in [2.05, 4.69) is 92.2 Å². The minimum Gasteiger partial charge on any atom is -0.438 e. The van der Waals surface area contributed by atoms with Crippen LogP contribution < -0.4 is 64.6 Å². The molecule has 18 atom stereocenters. The van der Waals surface area contributed by atoms with Crippen molar-refractivity contribution in [2.45, 2.75) is 345 Å². The number of fused-ring (bicyclic) bond motifs is 3. The number of likely N-dealkylation sites (tertiary alicyclic amines) is 3. The number of piperidine rings is 3. The summed E-state index contributed by atoms with van der Waals surface area (Å²) in [6.45, 7) is 42.5. The van der Waals surface area contributed by atoms with Crippen molar-refractivity contribution in [3.8, 4) is 0 Å². The van der Waals surface area contributed by atoms with Gasteiger partial charge in [0.05, 0.1) is 56.1 Å². The van der Waals surface area contributed by atoms with Crippen LogP contribution in [-0.4, -0.2) is 260 Å². The van der Waals surface area contributed by atoms with E-state index in [9.17, 15) is 86.3 Å². The maximum absolute atomic E-state index is 14.3. The van der Waals surface area contributed by atoms with Crippen molar-refractivity contribution in [2.75, 3.05) is 59.7 Å². The van der Waals surface area contributed by atoms with Crippen molar-refractivity contribution in [3.63, 3.8) is 0 Å². The van der Waals surface area contributed by atoms with Gasteiger partial charge in [0.1, 0.15) is 56.1 Å². The number of urea groups is 3. The van der Waals surface area contributed by atoms with E-state index in [1.165, 1.54) is 27.9 Å². The van der Waals surface area contributed by atoms with Gasteiger partial charge >= 0.3 is 36.6 Å². The number of methoxy groups -OCH3 is 1. The van der Waals surface area contributed by atoms with Crippen molar-refractivity contribution in [2.24, 2.45) is 115 Å². The summed E-state index contributed by atoms with van der Waals surface area (Å²) in [5.41, 5.74) is 7.90. The molecule has 39 heteroatoms. The molecule has 139 heavy (non-hydrogen) atoms. The smallest absolute Gasteiger partial charge is 0.438 e. The second-order valence-corrected chi connectivity index (χ2v) is 46.2. The Bertz CT molecular complexity index is 4470. The van der Waals surface area contributed by atoms with Gasteiger partial charge in [-0.05, 0) is 175 Å². The number of primary amides is 2. The van der Waals surface area contributed by atoms with Crippen LogP contribution in [0.3, 0.4) is 0 Å². The molecule has 15 amide bonds. The summed E-state index contributed by atoms with van der Waals surface area (Å²) >= 11 is 0. The normalized spacial score (nSPS) is 24.8. The lowest BCUT2D eigenvalue weighted by Crippen LogP contribution is -2.62. The lowest BCUT2D eigenvalue weighted by Gasteiger charge is -2.38. The summed E-state index contributed by atoms with van der Waals surface area (Å²) in [6.07, 6.45) is 15.6. The molecule has 3 aliphatic heterocycles. The molecule has 0 bridgehead atoms. The SMILES string of the molecule is C=CCNC(=O)C(=O)C(CCC)NC(=O)[C@@H]1[C@@H]2[C@H](CN1C(=O)[C@@H](NC(=O)N[C@H](COC(=O)OC(C)C)C(C)C)C(C)(C)C)C2(C)C.CC(C)(C)[C@H](NC(=O)N[C@H](COC(=O)OCC1CC1)C1CCCC1)C(=O)N1C[C@H]2[C@@H]([C@H]1C(=O)NC(CC1CCC1)C(=O)C(N)=O)C2(C)C.COC(=O)OC[C@@H](NC(=O)N[C@H](C(=O)N1C[C@H]2[C@@H]([C@H]1C(=O)NC(CC1CCC1)C(=O)C(N)=O)C2(C)C)C(C)(C)C)C1CCCC1. The molecule has 3 saturated heterocycles. The molecule has 11 rings (SSSR count). The summed E-state index contributed by atoms with van der Waals surface area (Å²) in [6, 6.07) is -12.0. The number of carbonyl (C=O) groups excluding carboxylic acids is 18. The first-order chi connectivity index (χ1) is 64.9. The van der Waals surface area contributed by atoms with Gasteiger partial charge in [0.25, 0.3) is 17.7 Å². The first kappa shape index (κ1) is 112. The largest absolute Gasteiger partial charge is 0.508 e. The van der Waals surface area contributed by atoms with Gasteiger partial charge in [-0.1, -0.05) is 201 Å². The van der Waals surface area contributed by atoms with Crippen molar-refractivity contribution >= 4 is 107 Å². The Balaban J connectivity index is 0.000000233. The van der Waals surface area contributed by atoms with E-state index < -0.39 is 196 Å². The monoisotopic (exact) mass is 1960 g/mol. The molecule has 3 heterocycles. The van der Waals surface area contributed by atoms with Crippen molar-refractivity contribution in [3.05, 3.63) is 12.7 Å². The molecule has 11 fully saturated rings. The fourth-order valence-corrected chi connectivity index (χ4v) is 21.6. The van der Waals surface area contributed by atoms with Crippen LogP contribution in [0.5, 0.6) is 0 Å². The second kappa shape index (κ2) is 47.0. The van der Waals surface area contributed by atoms with E-state index in [4.69, 9.17) is 35.2 Å². The van der Waals surface area contributed by atoms with Crippen LogP contribution in [0.1, 0.15) is 267 Å². The zero-order valence-electron chi connectivity index (χ0n) is 85.8. The highest BCUT2D eigenvalue weighted by molar-refractivity contribution is 6.39. The van der Waals surface area contributed by atoms with Gasteiger partial charge in [-0.25, -0.2) is 28.8 Å². The zero-order valence-corrected chi connectivity index (χ0v) is 85.8. The number of nitrogens with zero attached hydrogens (tertiary/aromatic N) is 3.